The van der Waals surface area contributed by atoms with Gasteiger partial charge >= 0.3 is 7.82 Å². The summed E-state index contributed by atoms with van der Waals surface area (Å²) in [6.45, 7) is 1.65. The molecule has 0 aliphatic carbocycles. The molecule has 0 saturated heterocycles. The number of halogens is 1. The summed E-state index contributed by atoms with van der Waals surface area (Å²) in [7, 11) is -4.64. The summed E-state index contributed by atoms with van der Waals surface area (Å²) >= 11 is 5.09. The van der Waals surface area contributed by atoms with Crippen LogP contribution in [0.25, 0.3) is 0 Å². The second-order valence-corrected chi connectivity index (χ2v) is 2.85. The van der Waals surface area contributed by atoms with Crippen LogP contribution in [-0.2, 0) is 4.57 Å². The zero-order valence-electron chi connectivity index (χ0n) is 5.31. The van der Waals surface area contributed by atoms with Gasteiger partial charge in [-0.05, 0) is 6.92 Å². The quantitative estimate of drug-likeness (QED) is 0.337. The van der Waals surface area contributed by atoms with Crippen LogP contribution in [0.2, 0.25) is 0 Å². The Morgan fingerprint density at radius 3 is 1.60 bits per heavy atom. The van der Waals surface area contributed by atoms with Crippen molar-refractivity contribution >= 4 is 19.4 Å². The minimum Gasteiger partial charge on any atom is -0.392 e. The van der Waals surface area contributed by atoms with Crippen LogP contribution in [-0.4, -0.2) is 31.8 Å². The summed E-state index contributed by atoms with van der Waals surface area (Å²) in [6.07, 6.45) is -0.350. The third kappa shape index (κ3) is 81.3. The van der Waals surface area contributed by atoms with E-state index in [0.29, 0.717) is 5.88 Å². The number of phosphoric acid groups is 1. The van der Waals surface area contributed by atoms with Crippen LogP contribution in [0.1, 0.15) is 6.92 Å². The summed E-state index contributed by atoms with van der Waals surface area (Å²) in [6, 6.07) is 0. The molecule has 10 heavy (non-hydrogen) atoms. The minimum atomic E-state index is -4.64. The summed E-state index contributed by atoms with van der Waals surface area (Å²) in [5.74, 6) is 0.333. The van der Waals surface area contributed by atoms with Gasteiger partial charge in [0.2, 0.25) is 0 Å². The molecular formula is C3H10ClO5P. The molecule has 0 bridgehead atoms. The maximum Gasteiger partial charge on any atom is 0.466 e. The number of hydrogen-bond donors (Lipinski definition) is 4. The predicted molar refractivity (Wildman–Crippen MR) is 36.7 cm³/mol. The molecule has 0 radical (unpaired) electrons. The van der Waals surface area contributed by atoms with Gasteiger partial charge in [-0.3, -0.25) is 0 Å². The molecule has 1 unspecified atom stereocenters. The lowest BCUT2D eigenvalue weighted by molar-refractivity contribution is 0.219. The zero-order chi connectivity index (χ0) is 8.78. The molecule has 64 valence electrons. The Hall–Kier alpha value is 0.360. The zero-order valence-corrected chi connectivity index (χ0v) is 6.96. The van der Waals surface area contributed by atoms with Crippen molar-refractivity contribution < 1.29 is 24.4 Å². The Bertz CT molecular complexity index is 101. The maximum atomic E-state index is 8.88. The van der Waals surface area contributed by atoms with Gasteiger partial charge in [-0.25, -0.2) is 4.57 Å². The fraction of sp³-hybridized carbons (Fsp3) is 1.00. The largest absolute Gasteiger partial charge is 0.466 e. The van der Waals surface area contributed by atoms with Gasteiger partial charge < -0.3 is 19.8 Å². The third-order valence-corrected chi connectivity index (χ3v) is 0.670. The first-order chi connectivity index (χ1) is 4.27. The van der Waals surface area contributed by atoms with Crippen LogP contribution in [0.15, 0.2) is 0 Å². The molecule has 1 atom stereocenters. The van der Waals surface area contributed by atoms with Gasteiger partial charge in [0.1, 0.15) is 0 Å². The first kappa shape index (κ1) is 13.0. The van der Waals surface area contributed by atoms with E-state index < -0.39 is 7.82 Å². The molecule has 0 rings (SSSR count). The highest BCUT2D eigenvalue weighted by Crippen LogP contribution is 2.25. The van der Waals surface area contributed by atoms with Crippen molar-refractivity contribution in [3.8, 4) is 0 Å². The summed E-state index contributed by atoms with van der Waals surface area (Å²) in [5, 5.41) is 8.23. The lowest BCUT2D eigenvalue weighted by atomic mass is 10.5. The standard InChI is InChI=1S/C3H7ClO.H3O4P/c1-3(5)2-4;1-5(2,3)4/h3,5H,2H2,1H3;(H3,1,2,3,4). The van der Waals surface area contributed by atoms with E-state index in [0.717, 1.165) is 0 Å². The highest BCUT2D eigenvalue weighted by molar-refractivity contribution is 7.45. The van der Waals surface area contributed by atoms with Gasteiger partial charge in [0.05, 0.1) is 6.10 Å². The van der Waals surface area contributed by atoms with E-state index in [1.165, 1.54) is 0 Å². The van der Waals surface area contributed by atoms with Crippen molar-refractivity contribution in [1.29, 1.82) is 0 Å². The van der Waals surface area contributed by atoms with Crippen molar-refractivity contribution in [1.82, 2.24) is 0 Å². The molecule has 5 nitrogen and oxygen atoms in total. The lowest BCUT2D eigenvalue weighted by Crippen LogP contribution is -1.98. The van der Waals surface area contributed by atoms with Crippen molar-refractivity contribution in [3.05, 3.63) is 0 Å². The molecule has 0 spiro atoms. The second kappa shape index (κ2) is 6.09. The monoisotopic (exact) mass is 192 g/mol. The van der Waals surface area contributed by atoms with Gasteiger partial charge in [-0.1, -0.05) is 0 Å². The van der Waals surface area contributed by atoms with Crippen molar-refractivity contribution in [2.75, 3.05) is 5.88 Å². The number of alkyl halides is 1. The highest BCUT2D eigenvalue weighted by atomic mass is 35.5. The van der Waals surface area contributed by atoms with E-state index in [2.05, 4.69) is 0 Å². The highest BCUT2D eigenvalue weighted by Gasteiger charge is 2.00. The van der Waals surface area contributed by atoms with Crippen molar-refractivity contribution in [2.24, 2.45) is 0 Å². The molecule has 0 heterocycles. The normalized spacial score (nSPS) is 13.4. The fourth-order valence-electron chi connectivity index (χ4n) is 0. The van der Waals surface area contributed by atoms with E-state index in [1.807, 2.05) is 0 Å². The number of aliphatic hydroxyl groups is 1. The molecule has 0 aromatic rings. The Balaban J connectivity index is 0. The number of aliphatic hydroxyl groups excluding tert-OH is 1. The van der Waals surface area contributed by atoms with Gasteiger partial charge in [0.25, 0.3) is 0 Å². The van der Waals surface area contributed by atoms with Crippen molar-refractivity contribution in [2.45, 2.75) is 13.0 Å². The molecular weight excluding hydrogens is 182 g/mol. The lowest BCUT2D eigenvalue weighted by Gasteiger charge is -1.88. The molecule has 0 aromatic heterocycles. The molecule has 0 saturated carbocycles. The smallest absolute Gasteiger partial charge is 0.392 e. The van der Waals surface area contributed by atoms with E-state index in [9.17, 15) is 0 Å². The second-order valence-electron chi connectivity index (χ2n) is 1.52. The van der Waals surface area contributed by atoms with E-state index in [-0.39, 0.29) is 6.10 Å². The first-order valence-corrected chi connectivity index (χ1v) is 4.39. The number of hydrogen-bond acceptors (Lipinski definition) is 2. The van der Waals surface area contributed by atoms with Crippen LogP contribution >= 0.6 is 19.4 Å². The molecule has 7 heteroatoms. The van der Waals surface area contributed by atoms with Crippen LogP contribution in [0.3, 0.4) is 0 Å². The van der Waals surface area contributed by atoms with Crippen LogP contribution in [0.5, 0.6) is 0 Å². The van der Waals surface area contributed by atoms with Gasteiger partial charge in [-0.15, -0.1) is 11.6 Å². The van der Waals surface area contributed by atoms with E-state index in [4.69, 9.17) is 36.0 Å². The molecule has 4 N–H and O–H groups in total. The first-order valence-electron chi connectivity index (χ1n) is 2.29. The van der Waals surface area contributed by atoms with Crippen LogP contribution in [0, 0.1) is 0 Å². The summed E-state index contributed by atoms with van der Waals surface area (Å²) in [4.78, 5) is 21.6. The SMILES string of the molecule is CC(O)CCl.O=P(O)(O)O. The minimum absolute atomic E-state index is 0.333. The fourth-order valence-corrected chi connectivity index (χ4v) is 0. The van der Waals surface area contributed by atoms with Crippen molar-refractivity contribution in [3.63, 3.8) is 0 Å². The average Bonchev–Trinajstić information content (AvgIpc) is 1.61. The Morgan fingerprint density at radius 2 is 1.60 bits per heavy atom. The van der Waals surface area contributed by atoms with E-state index >= 15 is 0 Å². The maximum absolute atomic E-state index is 8.88. The molecule has 0 aliphatic rings. The molecule has 0 amide bonds. The van der Waals surface area contributed by atoms with Crippen LogP contribution in [0.4, 0.5) is 0 Å². The molecule has 0 aromatic carbocycles. The Kier molecular flexibility index (Phi) is 7.92. The average molecular weight is 193 g/mol. The van der Waals surface area contributed by atoms with E-state index in [1.54, 1.807) is 6.92 Å². The Morgan fingerprint density at radius 1 is 1.50 bits per heavy atom. The third-order valence-electron chi connectivity index (χ3n) is 0.223. The predicted octanol–water partition coefficient (Wildman–Crippen LogP) is -0.323. The van der Waals surface area contributed by atoms with Gasteiger partial charge in [-0.2, -0.15) is 0 Å². The number of rotatable bonds is 1. The Labute approximate surface area is 63.5 Å². The van der Waals surface area contributed by atoms with Gasteiger partial charge in [0, 0.05) is 5.88 Å². The molecule has 0 fully saturated rings. The topological polar surface area (TPSA) is 98.0 Å². The summed E-state index contributed by atoms with van der Waals surface area (Å²) in [5.41, 5.74) is 0. The van der Waals surface area contributed by atoms with Crippen LogP contribution < -0.4 is 0 Å². The molecule has 0 aliphatic heterocycles. The summed E-state index contributed by atoms with van der Waals surface area (Å²) < 4.78 is 8.88. The van der Waals surface area contributed by atoms with Gasteiger partial charge in [0.15, 0.2) is 0 Å².